The minimum atomic E-state index is -0.0904. The lowest BCUT2D eigenvalue weighted by Crippen LogP contribution is -2.59. The Bertz CT molecular complexity index is 811. The normalized spacial score (nSPS) is 14.0. The molecule has 0 atom stereocenters. The van der Waals surface area contributed by atoms with Gasteiger partial charge in [0.2, 0.25) is 0 Å². The van der Waals surface area contributed by atoms with E-state index in [0.717, 1.165) is 18.5 Å². The van der Waals surface area contributed by atoms with Crippen LogP contribution in [0, 0.1) is 6.92 Å². The van der Waals surface area contributed by atoms with Gasteiger partial charge in [0.15, 0.2) is 0 Å². The Morgan fingerprint density at radius 1 is 1.23 bits per heavy atom. The first-order valence-corrected chi connectivity index (χ1v) is 8.94. The quantitative estimate of drug-likeness (QED) is 0.807. The van der Waals surface area contributed by atoms with Gasteiger partial charge in [0.1, 0.15) is 11.9 Å². The molecule has 0 spiro atoms. The number of aryl methyl sites for hydroxylation is 2. The lowest BCUT2D eigenvalue weighted by atomic mass is 10.1. The second-order valence-electron chi connectivity index (χ2n) is 6.70. The highest BCUT2D eigenvalue weighted by atomic mass is 16.5. The van der Waals surface area contributed by atoms with Crippen LogP contribution in [0.15, 0.2) is 47.3 Å². The van der Waals surface area contributed by atoms with Crippen molar-refractivity contribution < 1.29 is 9.53 Å². The van der Waals surface area contributed by atoms with Crippen molar-refractivity contribution in [1.29, 1.82) is 0 Å². The summed E-state index contributed by atoms with van der Waals surface area (Å²) >= 11 is 0. The maximum Gasteiger partial charge on any atom is 0.317 e. The number of pyridine rings is 1. The fraction of sp³-hybridized carbons (Fsp3) is 0.400. The number of aromatic nitrogens is 1. The molecule has 0 unspecified atom stereocenters. The van der Waals surface area contributed by atoms with E-state index >= 15 is 0 Å². The largest absolute Gasteiger partial charge is 0.486 e. The van der Waals surface area contributed by atoms with E-state index in [9.17, 15) is 9.59 Å². The summed E-state index contributed by atoms with van der Waals surface area (Å²) in [5.74, 6) is 0.568. The molecule has 6 nitrogen and oxygen atoms in total. The Kier molecular flexibility index (Phi) is 5.61. The predicted octanol–water partition coefficient (Wildman–Crippen LogP) is 2.10. The van der Waals surface area contributed by atoms with Gasteiger partial charge < -0.3 is 19.5 Å². The van der Waals surface area contributed by atoms with Crippen molar-refractivity contribution in [2.24, 2.45) is 7.05 Å². The van der Waals surface area contributed by atoms with E-state index < -0.39 is 0 Å². The van der Waals surface area contributed by atoms with Gasteiger partial charge in [-0.2, -0.15) is 0 Å². The van der Waals surface area contributed by atoms with Crippen LogP contribution in [0.5, 0.6) is 5.75 Å². The van der Waals surface area contributed by atoms with Crippen LogP contribution in [0.3, 0.4) is 0 Å². The zero-order valence-electron chi connectivity index (χ0n) is 15.3. The highest BCUT2D eigenvalue weighted by Gasteiger charge is 2.32. The zero-order valence-corrected chi connectivity index (χ0v) is 15.3. The van der Waals surface area contributed by atoms with Gasteiger partial charge in [-0.25, -0.2) is 4.79 Å². The van der Waals surface area contributed by atoms with Gasteiger partial charge in [-0.3, -0.25) is 4.79 Å². The van der Waals surface area contributed by atoms with Crippen LogP contribution in [0.25, 0.3) is 0 Å². The predicted molar refractivity (Wildman–Crippen MR) is 101 cm³/mol. The Hall–Kier alpha value is -2.76. The number of nitrogens with one attached hydrogen (secondary N) is 1. The van der Waals surface area contributed by atoms with Crippen molar-refractivity contribution in [3.63, 3.8) is 0 Å². The summed E-state index contributed by atoms with van der Waals surface area (Å²) in [6.07, 6.45) is 1.81. The summed E-state index contributed by atoms with van der Waals surface area (Å²) in [4.78, 5) is 25.6. The van der Waals surface area contributed by atoms with Crippen LogP contribution in [0.1, 0.15) is 17.7 Å². The molecule has 0 saturated carbocycles. The third kappa shape index (κ3) is 4.45. The maximum absolute atomic E-state index is 12.1. The summed E-state index contributed by atoms with van der Waals surface area (Å²) < 4.78 is 7.37. The van der Waals surface area contributed by atoms with Crippen LogP contribution in [0.4, 0.5) is 4.79 Å². The fourth-order valence-corrected chi connectivity index (χ4v) is 2.92. The van der Waals surface area contributed by atoms with E-state index in [4.69, 9.17) is 4.74 Å². The number of rotatable bonds is 6. The lowest BCUT2D eigenvalue weighted by Gasteiger charge is -2.38. The molecule has 1 N–H and O–H groups in total. The first kappa shape index (κ1) is 18.0. The number of carbonyl (C=O) groups excluding carboxylic acids is 1. The second-order valence-corrected chi connectivity index (χ2v) is 6.70. The van der Waals surface area contributed by atoms with Crippen molar-refractivity contribution in [2.75, 3.05) is 19.6 Å². The molecule has 1 saturated heterocycles. The summed E-state index contributed by atoms with van der Waals surface area (Å²) in [5.41, 5.74) is 2.04. The lowest BCUT2D eigenvalue weighted by molar-refractivity contribution is 0.0443. The van der Waals surface area contributed by atoms with Crippen molar-refractivity contribution >= 4 is 6.03 Å². The van der Waals surface area contributed by atoms with E-state index in [0.29, 0.717) is 25.4 Å². The molecule has 0 aliphatic carbocycles. The number of carbonyl (C=O) groups is 1. The van der Waals surface area contributed by atoms with Crippen LogP contribution in [-0.4, -0.2) is 41.2 Å². The Labute approximate surface area is 153 Å². The highest BCUT2D eigenvalue weighted by Crippen LogP contribution is 2.17. The molecule has 1 aromatic heterocycles. The number of benzene rings is 1. The van der Waals surface area contributed by atoms with Crippen LogP contribution < -0.4 is 15.6 Å². The molecule has 1 fully saturated rings. The first-order valence-electron chi connectivity index (χ1n) is 8.94. The topological polar surface area (TPSA) is 63.6 Å². The van der Waals surface area contributed by atoms with E-state index in [2.05, 4.69) is 17.4 Å². The zero-order chi connectivity index (χ0) is 18.5. The first-order chi connectivity index (χ1) is 12.5. The highest BCUT2D eigenvalue weighted by molar-refractivity contribution is 5.75. The molecule has 138 valence electrons. The number of urea groups is 1. The van der Waals surface area contributed by atoms with Crippen molar-refractivity contribution in [2.45, 2.75) is 25.9 Å². The molecule has 3 rings (SSSR count). The molecular weight excluding hydrogens is 330 g/mol. The number of nitrogens with zero attached hydrogens (tertiary/aromatic N) is 2. The maximum atomic E-state index is 12.1. The van der Waals surface area contributed by atoms with Crippen molar-refractivity contribution in [1.82, 2.24) is 14.8 Å². The molecule has 1 aliphatic heterocycles. The van der Waals surface area contributed by atoms with Crippen molar-refractivity contribution in [3.8, 4) is 5.75 Å². The van der Waals surface area contributed by atoms with E-state index in [1.165, 1.54) is 11.6 Å². The number of hydrogen-bond donors (Lipinski definition) is 1. The molecule has 2 aromatic rings. The molecule has 2 heterocycles. The minimum Gasteiger partial charge on any atom is -0.486 e. The molecule has 2 amide bonds. The van der Waals surface area contributed by atoms with Gasteiger partial charge in [-0.15, -0.1) is 0 Å². The van der Waals surface area contributed by atoms with Gasteiger partial charge in [-0.1, -0.05) is 30.3 Å². The van der Waals surface area contributed by atoms with E-state index in [-0.39, 0.29) is 17.7 Å². The van der Waals surface area contributed by atoms with E-state index in [1.54, 1.807) is 16.5 Å². The summed E-state index contributed by atoms with van der Waals surface area (Å²) in [6, 6.07) is 13.5. The minimum absolute atomic E-state index is 0.0573. The molecule has 0 radical (unpaired) electrons. The number of ether oxygens (including phenoxy) is 1. The molecular formula is C20H25N3O3. The third-order valence-electron chi connectivity index (χ3n) is 4.68. The van der Waals surface area contributed by atoms with Gasteiger partial charge in [-0.05, 0) is 31.4 Å². The average Bonchev–Trinajstić information content (AvgIpc) is 2.60. The summed E-state index contributed by atoms with van der Waals surface area (Å²) in [7, 11) is 1.73. The average molecular weight is 355 g/mol. The number of hydrogen-bond acceptors (Lipinski definition) is 3. The molecule has 1 aromatic carbocycles. The monoisotopic (exact) mass is 355 g/mol. The molecule has 26 heavy (non-hydrogen) atoms. The van der Waals surface area contributed by atoms with Crippen molar-refractivity contribution in [3.05, 3.63) is 64.1 Å². The smallest absolute Gasteiger partial charge is 0.317 e. The van der Waals surface area contributed by atoms with E-state index in [1.807, 2.05) is 31.2 Å². The second kappa shape index (κ2) is 8.08. The Balaban J connectivity index is 1.36. The number of likely N-dealkylation sites (tertiary alicyclic amines) is 1. The standard InChI is InChI=1S/C20H25N3O3/c1-15-11-17(12-19(24)22(15)2)26-18-13-23(14-18)20(25)21-10-6-9-16-7-4-3-5-8-16/h3-5,7-8,11-12,18H,6,9-10,13-14H2,1-2H3,(H,21,25). The Morgan fingerprint density at radius 3 is 2.65 bits per heavy atom. The van der Waals surface area contributed by atoms with Gasteiger partial charge in [0.05, 0.1) is 13.1 Å². The Morgan fingerprint density at radius 2 is 1.96 bits per heavy atom. The van der Waals surface area contributed by atoms with Gasteiger partial charge in [0, 0.05) is 25.4 Å². The van der Waals surface area contributed by atoms with Crippen LogP contribution in [-0.2, 0) is 13.5 Å². The van der Waals surface area contributed by atoms with Crippen LogP contribution >= 0.6 is 0 Å². The van der Waals surface area contributed by atoms with Gasteiger partial charge >= 0.3 is 6.03 Å². The number of amides is 2. The SMILES string of the molecule is Cc1cc(OC2CN(C(=O)NCCCc3ccccc3)C2)cc(=O)n1C. The molecule has 1 aliphatic rings. The summed E-state index contributed by atoms with van der Waals surface area (Å²) in [5, 5.41) is 2.94. The fourth-order valence-electron chi connectivity index (χ4n) is 2.92. The molecule has 6 heteroatoms. The molecule has 0 bridgehead atoms. The van der Waals surface area contributed by atoms with Crippen LogP contribution in [0.2, 0.25) is 0 Å². The third-order valence-corrected chi connectivity index (χ3v) is 4.68. The summed E-state index contributed by atoms with van der Waals surface area (Å²) in [6.45, 7) is 3.60. The van der Waals surface area contributed by atoms with Gasteiger partial charge in [0.25, 0.3) is 5.56 Å².